The Kier molecular flexibility index (Phi) is 43.3. The van der Waals surface area contributed by atoms with Gasteiger partial charge in [-0.15, -0.1) is 0 Å². The van der Waals surface area contributed by atoms with E-state index in [2.05, 4.69) is 62.0 Å². The highest BCUT2D eigenvalue weighted by Gasteiger charge is 2.21. The highest BCUT2D eigenvalue weighted by atomic mass is 16.6. The van der Waals surface area contributed by atoms with Crippen molar-refractivity contribution >= 4 is 29.8 Å². The lowest BCUT2D eigenvalue weighted by Crippen LogP contribution is -2.38. The average Bonchev–Trinajstić information content (AvgIpc) is 3.58. The summed E-state index contributed by atoms with van der Waals surface area (Å²) in [6, 6.07) is 8.55. The largest absolute Gasteiger partial charge is 0.490 e. The highest BCUT2D eigenvalue weighted by molar-refractivity contribution is 5.91. The third-order valence-electron chi connectivity index (χ3n) is 14.3. The van der Waals surface area contributed by atoms with E-state index in [4.69, 9.17) is 47.4 Å². The van der Waals surface area contributed by atoms with E-state index in [9.17, 15) is 24.0 Å². The fourth-order valence-corrected chi connectivity index (χ4v) is 9.04. The van der Waals surface area contributed by atoms with Crippen LogP contribution in [0.25, 0.3) is 0 Å². The van der Waals surface area contributed by atoms with Crippen molar-refractivity contribution in [2.24, 2.45) is 0 Å². The maximum atomic E-state index is 13.9. The Morgan fingerprint density at radius 2 is 0.575 bits per heavy atom. The molecule has 0 aliphatic heterocycles. The number of hydrogen-bond acceptors (Lipinski definition) is 15. The molecule has 2 aromatic carbocycles. The lowest BCUT2D eigenvalue weighted by Gasteiger charge is -2.25. The molecule has 87 heavy (non-hydrogen) atoms. The molecule has 0 saturated heterocycles. The number of benzene rings is 2. The van der Waals surface area contributed by atoms with Gasteiger partial charge in [0, 0.05) is 18.2 Å². The fraction of sp³-hybridized carbons (Fsp3) is 0.671. The highest BCUT2D eigenvalue weighted by Crippen LogP contribution is 2.40. The van der Waals surface area contributed by atoms with Crippen molar-refractivity contribution in [3.63, 3.8) is 0 Å². The van der Waals surface area contributed by atoms with Crippen LogP contribution in [0.1, 0.15) is 207 Å². The number of unbranched alkanes of at least 4 members (excludes halogenated alkanes) is 25. The van der Waals surface area contributed by atoms with Crippen LogP contribution in [0.2, 0.25) is 0 Å². The number of ether oxygens (including phenoxy) is 10. The Morgan fingerprint density at radius 1 is 0.310 bits per heavy atom. The maximum absolute atomic E-state index is 13.9. The normalized spacial score (nSPS) is 11.3. The Balaban J connectivity index is 2.12. The van der Waals surface area contributed by atoms with Crippen LogP contribution >= 0.6 is 0 Å². The molecule has 0 N–H and O–H groups in total. The van der Waals surface area contributed by atoms with Crippen LogP contribution in [0.3, 0.4) is 0 Å². The number of hydrogen-bond donors (Lipinski definition) is 0. The Labute approximate surface area is 523 Å². The number of esters is 5. The maximum Gasteiger partial charge on any atom is 0.338 e. The third kappa shape index (κ3) is 41.7. The van der Waals surface area contributed by atoms with Gasteiger partial charge in [0.1, 0.15) is 26.3 Å². The first-order chi connectivity index (χ1) is 42.0. The zero-order valence-electron chi connectivity index (χ0n) is 54.7. The molecule has 0 radical (unpaired) electrons. The van der Waals surface area contributed by atoms with Gasteiger partial charge in [-0.25, -0.2) is 24.0 Å². The van der Waals surface area contributed by atoms with Crippen LogP contribution in [0, 0.1) is 0 Å². The van der Waals surface area contributed by atoms with E-state index in [0.29, 0.717) is 106 Å². The van der Waals surface area contributed by atoms with E-state index in [-0.39, 0.29) is 31.1 Å². The quantitative estimate of drug-likeness (QED) is 0.0201. The van der Waals surface area contributed by atoms with Gasteiger partial charge in [-0.3, -0.25) is 0 Å². The van der Waals surface area contributed by atoms with Crippen molar-refractivity contribution in [3.8, 4) is 28.7 Å². The van der Waals surface area contributed by atoms with Gasteiger partial charge in [-0.05, 0) is 81.7 Å². The molecular formula is C70H114N2O15+2. The van der Waals surface area contributed by atoms with E-state index in [1.807, 2.05) is 0 Å². The monoisotopic (exact) mass is 1220 g/mol. The van der Waals surface area contributed by atoms with Crippen molar-refractivity contribution in [1.82, 2.24) is 0 Å². The first kappa shape index (κ1) is 77.0. The minimum absolute atomic E-state index is 0.119. The third-order valence-corrected chi connectivity index (χ3v) is 14.3. The summed E-state index contributed by atoms with van der Waals surface area (Å²) in [6.07, 6.45) is 32.6. The minimum Gasteiger partial charge on any atom is -0.490 e. The molecule has 0 saturated carbocycles. The fourth-order valence-electron chi connectivity index (χ4n) is 9.04. The van der Waals surface area contributed by atoms with Crippen LogP contribution < -0.4 is 23.7 Å². The summed E-state index contributed by atoms with van der Waals surface area (Å²) in [5.74, 6) is 0.371. The topological polar surface area (TPSA) is 178 Å². The zero-order chi connectivity index (χ0) is 63.6. The molecule has 0 aliphatic rings. The molecule has 2 aromatic rings. The second-order valence-corrected chi connectivity index (χ2v) is 24.4. The standard InChI is InChI=1S/C70H114N2O15/c1-10-65(73)82-48-36-30-24-18-13-16-22-28-34-46-78-63-57-60(70(77)87-53-41-40-52-86-69(76)59-42-43-61(80-54-44-71(4,5)6)62(56-59)81-55-45-72(7,8)9)58-64(79-47-35-29-23-17-14-19-25-31-37-49-83-66(74)11-2)68(63)85-51-39-33-27-21-15-20-26-32-38-50-84-67(75)12-3/h10-12,42-43,56-58H,1-3,13-41,44-55H2,4-9H3/q+2. The summed E-state index contributed by atoms with van der Waals surface area (Å²) in [4.78, 5) is 61.0. The molecule has 0 fully saturated rings. The van der Waals surface area contributed by atoms with Gasteiger partial charge in [0.15, 0.2) is 23.0 Å². The van der Waals surface area contributed by atoms with Crippen LogP contribution in [-0.4, -0.2) is 160 Å². The molecule has 0 unspecified atom stereocenters. The Morgan fingerprint density at radius 3 is 0.920 bits per heavy atom. The Bertz CT molecular complexity index is 2170. The van der Waals surface area contributed by atoms with Crippen LogP contribution in [0.5, 0.6) is 28.7 Å². The number of carbonyl (C=O) groups is 5. The summed E-state index contributed by atoms with van der Waals surface area (Å²) in [7, 11) is 12.6. The number of carbonyl (C=O) groups excluding carboxylic acids is 5. The molecule has 0 heterocycles. The second kappa shape index (κ2) is 48.9. The number of quaternary nitrogens is 2. The summed E-state index contributed by atoms with van der Waals surface area (Å²) in [5, 5.41) is 0. The van der Waals surface area contributed by atoms with Gasteiger partial charge < -0.3 is 56.3 Å². The number of likely N-dealkylation sites (N-methyl/N-ethyl adjacent to an activating group) is 2. The van der Waals surface area contributed by atoms with E-state index in [1.165, 1.54) is 18.2 Å². The van der Waals surface area contributed by atoms with E-state index in [0.717, 1.165) is 195 Å². The van der Waals surface area contributed by atoms with Crippen LogP contribution in [0.4, 0.5) is 0 Å². The van der Waals surface area contributed by atoms with Crippen LogP contribution in [0.15, 0.2) is 68.3 Å². The smallest absolute Gasteiger partial charge is 0.338 e. The van der Waals surface area contributed by atoms with Crippen molar-refractivity contribution in [3.05, 3.63) is 79.4 Å². The summed E-state index contributed by atoms with van der Waals surface area (Å²) >= 11 is 0. The van der Waals surface area contributed by atoms with Gasteiger partial charge in [0.2, 0.25) is 5.75 Å². The molecule has 0 aliphatic carbocycles. The van der Waals surface area contributed by atoms with Crippen molar-refractivity contribution in [2.45, 2.75) is 186 Å². The van der Waals surface area contributed by atoms with Gasteiger partial charge >= 0.3 is 29.8 Å². The summed E-state index contributed by atoms with van der Waals surface area (Å²) < 4.78 is 60.0. The predicted octanol–water partition coefficient (Wildman–Crippen LogP) is 14.5. The average molecular weight is 1220 g/mol. The second-order valence-electron chi connectivity index (χ2n) is 24.4. The van der Waals surface area contributed by atoms with Gasteiger partial charge in [0.25, 0.3) is 0 Å². The molecule has 0 amide bonds. The van der Waals surface area contributed by atoms with Gasteiger partial charge in [0.05, 0.1) is 106 Å². The molecule has 0 atom stereocenters. The molecule has 0 aromatic heterocycles. The SMILES string of the molecule is C=CC(=O)OCCCCCCCCCCCOc1cc(C(=O)OCCCCOC(=O)c2ccc(OCC[N+](C)(C)C)c(OCC[N+](C)(C)C)c2)cc(OCCCCCCCCCCCOC(=O)C=C)c1OCCCCCCCCCCCOC(=O)C=C. The molecule has 0 spiro atoms. The Hall–Kier alpha value is -6.07. The molecule has 17 nitrogen and oxygen atoms in total. The molecular weight excluding hydrogens is 1110 g/mol. The van der Waals surface area contributed by atoms with Crippen molar-refractivity contribution in [2.75, 3.05) is 121 Å². The molecule has 17 heteroatoms. The number of nitrogens with zero attached hydrogens (tertiary/aromatic N) is 2. The molecule has 2 rings (SSSR count). The van der Waals surface area contributed by atoms with Crippen molar-refractivity contribution < 1.29 is 80.3 Å². The molecule has 0 bridgehead atoms. The van der Waals surface area contributed by atoms with E-state index >= 15 is 0 Å². The molecule has 492 valence electrons. The van der Waals surface area contributed by atoms with Gasteiger partial charge in [-0.2, -0.15) is 0 Å². The van der Waals surface area contributed by atoms with E-state index < -0.39 is 11.9 Å². The first-order valence-electron chi connectivity index (χ1n) is 32.7. The first-order valence-corrected chi connectivity index (χ1v) is 32.7. The minimum atomic E-state index is -0.513. The van der Waals surface area contributed by atoms with Gasteiger partial charge in [-0.1, -0.05) is 155 Å². The van der Waals surface area contributed by atoms with Crippen LogP contribution in [-0.2, 0) is 38.1 Å². The lowest BCUT2D eigenvalue weighted by atomic mass is 10.1. The summed E-state index contributed by atoms with van der Waals surface area (Å²) in [6.45, 7) is 15.7. The predicted molar refractivity (Wildman–Crippen MR) is 344 cm³/mol. The zero-order valence-corrected chi connectivity index (χ0v) is 54.7. The van der Waals surface area contributed by atoms with E-state index in [1.54, 1.807) is 30.3 Å². The number of rotatable bonds is 57. The van der Waals surface area contributed by atoms with Crippen molar-refractivity contribution in [1.29, 1.82) is 0 Å². The summed E-state index contributed by atoms with van der Waals surface area (Å²) in [5.41, 5.74) is 0.667. The lowest BCUT2D eigenvalue weighted by molar-refractivity contribution is -0.870.